The highest BCUT2D eigenvalue weighted by atomic mass is 28.3. The number of hydrogen-bond donors (Lipinski definition) is 0. The van der Waals surface area contributed by atoms with Crippen LogP contribution in [0.2, 0.25) is 23.7 Å². The first-order valence-corrected chi connectivity index (χ1v) is 9.53. The molecule has 0 aromatic heterocycles. The lowest BCUT2D eigenvalue weighted by Gasteiger charge is -2.42. The first kappa shape index (κ1) is 14.2. The minimum atomic E-state index is -1.34. The second-order valence-corrected chi connectivity index (χ2v) is 12.2. The molecule has 0 nitrogen and oxygen atoms in total. The van der Waals surface area contributed by atoms with Crippen molar-refractivity contribution < 1.29 is 0 Å². The highest BCUT2D eigenvalue weighted by Gasteiger charge is 2.40. The summed E-state index contributed by atoms with van der Waals surface area (Å²) in [6.45, 7) is 16.2. The number of hydrogen-bond acceptors (Lipinski definition) is 0. The third-order valence-electron chi connectivity index (χ3n) is 4.44. The average molecular weight is 246 g/mol. The molecule has 1 aromatic carbocycles. The van der Waals surface area contributed by atoms with Gasteiger partial charge < -0.3 is 0 Å². The van der Waals surface area contributed by atoms with E-state index in [1.54, 1.807) is 0 Å². The molecular weight excluding hydrogens is 220 g/mol. The molecule has 1 rings (SSSR count). The second kappa shape index (κ2) is 5.22. The molecule has 0 saturated carbocycles. The van der Waals surface area contributed by atoms with E-state index in [0.29, 0.717) is 10.6 Å². The van der Waals surface area contributed by atoms with Gasteiger partial charge in [-0.1, -0.05) is 70.3 Å². The van der Waals surface area contributed by atoms with Crippen LogP contribution in [0.5, 0.6) is 0 Å². The van der Waals surface area contributed by atoms with Gasteiger partial charge in [-0.05, 0) is 22.6 Å². The van der Waals surface area contributed by atoms with Gasteiger partial charge >= 0.3 is 0 Å². The fourth-order valence-electron chi connectivity index (χ4n) is 2.06. The van der Waals surface area contributed by atoms with Gasteiger partial charge in [0.15, 0.2) is 0 Å². The van der Waals surface area contributed by atoms with Crippen molar-refractivity contribution in [3.8, 4) is 0 Å². The van der Waals surface area contributed by atoms with Crippen molar-refractivity contribution in [2.24, 2.45) is 0 Å². The fourth-order valence-corrected chi connectivity index (χ4v) is 4.50. The van der Waals surface area contributed by atoms with E-state index < -0.39 is 8.07 Å². The van der Waals surface area contributed by atoms with Gasteiger partial charge in [0, 0.05) is 0 Å². The molecule has 1 aromatic rings. The van der Waals surface area contributed by atoms with E-state index in [2.05, 4.69) is 76.9 Å². The van der Waals surface area contributed by atoms with Crippen LogP contribution in [-0.4, -0.2) is 8.07 Å². The molecular formula is C16H26Si. The summed E-state index contributed by atoms with van der Waals surface area (Å²) in [6.07, 6.45) is 3.32. The molecule has 0 aliphatic rings. The average Bonchev–Trinajstić information content (AvgIpc) is 2.25. The van der Waals surface area contributed by atoms with Crippen LogP contribution < -0.4 is 0 Å². The van der Waals surface area contributed by atoms with Crippen LogP contribution in [0.1, 0.15) is 26.3 Å². The van der Waals surface area contributed by atoms with Gasteiger partial charge in [-0.3, -0.25) is 0 Å². The summed E-state index contributed by atoms with van der Waals surface area (Å²) >= 11 is 0. The summed E-state index contributed by atoms with van der Waals surface area (Å²) in [5.41, 5.74) is 2.08. The molecule has 0 aliphatic heterocycles. The fraction of sp³-hybridized carbons (Fsp3) is 0.500. The van der Waals surface area contributed by atoms with Crippen molar-refractivity contribution in [1.82, 2.24) is 0 Å². The first-order valence-electron chi connectivity index (χ1n) is 6.45. The zero-order valence-electron chi connectivity index (χ0n) is 12.0. The van der Waals surface area contributed by atoms with Gasteiger partial charge in [0.05, 0.1) is 8.07 Å². The van der Waals surface area contributed by atoms with Gasteiger partial charge in [0.1, 0.15) is 0 Å². The smallest absolute Gasteiger partial charge is 0.0601 e. The molecule has 0 fully saturated rings. The van der Waals surface area contributed by atoms with Crippen LogP contribution >= 0.6 is 0 Å². The largest absolute Gasteiger partial charge is 0.103 e. The molecule has 0 saturated heterocycles. The predicted octanol–water partition coefficient (Wildman–Crippen LogP) is 5.29. The zero-order chi connectivity index (χ0) is 13.1. The van der Waals surface area contributed by atoms with Crippen molar-refractivity contribution in [3.05, 3.63) is 48.6 Å². The molecule has 0 bridgehead atoms. The molecule has 1 atom stereocenters. The lowest BCUT2D eigenvalue weighted by atomic mass is 10.1. The van der Waals surface area contributed by atoms with E-state index in [0.717, 1.165) is 6.42 Å². The third kappa shape index (κ3) is 3.32. The maximum absolute atomic E-state index is 4.07. The summed E-state index contributed by atoms with van der Waals surface area (Å²) in [6, 6.07) is 10.8. The third-order valence-corrected chi connectivity index (χ3v) is 10.6. The SMILES string of the molecule is C=C[C@@H](Cc1ccccc1)[Si](C)(C)C(C)(C)C. The molecule has 0 heterocycles. The molecule has 0 spiro atoms. The molecule has 0 radical (unpaired) electrons. The van der Waals surface area contributed by atoms with Crippen LogP contribution in [0.3, 0.4) is 0 Å². The Kier molecular flexibility index (Phi) is 4.37. The van der Waals surface area contributed by atoms with Crippen LogP contribution in [0, 0.1) is 0 Å². The van der Waals surface area contributed by atoms with E-state index in [4.69, 9.17) is 0 Å². The summed E-state index contributed by atoms with van der Waals surface area (Å²) < 4.78 is 0. The molecule has 94 valence electrons. The Balaban J connectivity index is 2.90. The van der Waals surface area contributed by atoms with Gasteiger partial charge in [-0.15, -0.1) is 6.58 Å². The number of rotatable bonds is 4. The first-order chi connectivity index (χ1) is 7.79. The monoisotopic (exact) mass is 246 g/mol. The lowest BCUT2D eigenvalue weighted by Crippen LogP contribution is -2.42. The Morgan fingerprint density at radius 2 is 1.71 bits per heavy atom. The van der Waals surface area contributed by atoms with Gasteiger partial charge in [-0.25, -0.2) is 0 Å². The Hall–Kier alpha value is -0.823. The zero-order valence-corrected chi connectivity index (χ0v) is 13.0. The van der Waals surface area contributed by atoms with Gasteiger partial charge in [0.25, 0.3) is 0 Å². The Morgan fingerprint density at radius 3 is 2.12 bits per heavy atom. The maximum atomic E-state index is 4.07. The minimum absolute atomic E-state index is 0.417. The van der Waals surface area contributed by atoms with Crippen molar-refractivity contribution >= 4 is 8.07 Å². The quantitative estimate of drug-likeness (QED) is 0.500. The van der Waals surface area contributed by atoms with E-state index in [1.807, 2.05) is 0 Å². The molecule has 1 heteroatoms. The van der Waals surface area contributed by atoms with Gasteiger partial charge in [0.2, 0.25) is 0 Å². The van der Waals surface area contributed by atoms with Gasteiger partial charge in [-0.2, -0.15) is 0 Å². The normalized spacial score (nSPS) is 14.4. The minimum Gasteiger partial charge on any atom is -0.103 e. The molecule has 0 unspecified atom stereocenters. The maximum Gasteiger partial charge on any atom is 0.0601 e. The lowest BCUT2D eigenvalue weighted by molar-refractivity contribution is 0.695. The highest BCUT2D eigenvalue weighted by molar-refractivity contribution is 6.82. The Bertz CT molecular complexity index is 357. The van der Waals surface area contributed by atoms with Crippen LogP contribution in [-0.2, 0) is 6.42 Å². The summed E-state index contributed by atoms with van der Waals surface area (Å²) in [7, 11) is -1.34. The van der Waals surface area contributed by atoms with E-state index >= 15 is 0 Å². The van der Waals surface area contributed by atoms with E-state index in [-0.39, 0.29) is 0 Å². The van der Waals surface area contributed by atoms with Crippen molar-refractivity contribution in [2.45, 2.75) is 50.9 Å². The number of allylic oxidation sites excluding steroid dienone is 1. The van der Waals surface area contributed by atoms with Crippen molar-refractivity contribution in [3.63, 3.8) is 0 Å². The Morgan fingerprint density at radius 1 is 1.18 bits per heavy atom. The molecule has 0 amide bonds. The molecule has 0 N–H and O–H groups in total. The van der Waals surface area contributed by atoms with Crippen LogP contribution in [0.25, 0.3) is 0 Å². The predicted molar refractivity (Wildman–Crippen MR) is 81.3 cm³/mol. The summed E-state index contributed by atoms with van der Waals surface area (Å²) in [4.78, 5) is 0. The van der Waals surface area contributed by atoms with E-state index in [1.165, 1.54) is 5.56 Å². The van der Waals surface area contributed by atoms with Crippen molar-refractivity contribution in [2.75, 3.05) is 0 Å². The number of benzene rings is 1. The van der Waals surface area contributed by atoms with Crippen LogP contribution in [0.4, 0.5) is 0 Å². The van der Waals surface area contributed by atoms with Crippen LogP contribution in [0.15, 0.2) is 43.0 Å². The van der Waals surface area contributed by atoms with Crippen molar-refractivity contribution in [1.29, 1.82) is 0 Å². The highest BCUT2D eigenvalue weighted by Crippen LogP contribution is 2.45. The molecule has 17 heavy (non-hydrogen) atoms. The summed E-state index contributed by atoms with van der Waals surface area (Å²) in [5, 5.41) is 0.417. The van der Waals surface area contributed by atoms with E-state index in [9.17, 15) is 0 Å². The molecule has 0 aliphatic carbocycles. The second-order valence-electron chi connectivity index (χ2n) is 6.50. The summed E-state index contributed by atoms with van der Waals surface area (Å²) in [5.74, 6) is 0. The standard InChI is InChI=1S/C16H26Si/c1-7-15(17(5,6)16(2,3)4)13-14-11-9-8-10-12-14/h7-12,15H,1,13H2,2-6H3/t15-/m0/s1. The Labute approximate surface area is 108 Å². The topological polar surface area (TPSA) is 0 Å².